The molecule has 0 saturated carbocycles. The first-order valence-corrected chi connectivity index (χ1v) is 15.3. The summed E-state index contributed by atoms with van der Waals surface area (Å²) < 4.78 is 0. The summed E-state index contributed by atoms with van der Waals surface area (Å²) in [4.78, 5) is 36.8. The Kier molecular flexibility index (Phi) is 7.90. The molecule has 8 unspecified atom stereocenters. The molecule has 0 aliphatic carbocycles. The molecule has 4 N–H and O–H groups in total. The Morgan fingerprint density at radius 3 is 2.68 bits per heavy atom. The van der Waals surface area contributed by atoms with Crippen LogP contribution in [0.15, 0.2) is 0 Å². The predicted octanol–water partition coefficient (Wildman–Crippen LogP) is -2.40. The number of nitrogens with one attached hydrogen (secondary N) is 1. The fraction of sp³-hybridized carbons (Fsp3) is 0.929. The third kappa shape index (κ3) is 5.50. The minimum atomic E-state index is -0.872. The molecule has 0 aromatic heterocycles. The van der Waals surface area contributed by atoms with Gasteiger partial charge in [-0.1, -0.05) is 0 Å². The number of aliphatic hydroxyl groups excluding tert-OH is 1. The van der Waals surface area contributed by atoms with Crippen molar-refractivity contribution in [3.63, 3.8) is 0 Å². The van der Waals surface area contributed by atoms with Crippen molar-refractivity contribution in [2.24, 2.45) is 11.8 Å². The number of piperazine rings is 1. The van der Waals surface area contributed by atoms with Crippen LogP contribution in [-0.2, 0) is 9.59 Å². The largest absolute Gasteiger partial charge is 0.384 e. The number of carbonyl (C=O) groups excluding carboxylic acids is 2. The molecule has 9 nitrogen and oxygen atoms in total. The van der Waals surface area contributed by atoms with Gasteiger partial charge in [-0.15, -0.1) is 0 Å². The molecule has 6 fully saturated rings. The van der Waals surface area contributed by atoms with E-state index in [2.05, 4.69) is 32.0 Å². The number of hydrogen-bond acceptors (Lipinski definition) is 6. The van der Waals surface area contributed by atoms with Crippen LogP contribution in [0.1, 0.15) is 51.4 Å². The van der Waals surface area contributed by atoms with Gasteiger partial charge >= 0.3 is 0 Å². The summed E-state index contributed by atoms with van der Waals surface area (Å²) in [6.45, 7) is 10.4. The number of hydrogen-bond donors (Lipinski definition) is 3. The Morgan fingerprint density at radius 2 is 1.89 bits per heavy atom. The second-order valence-electron chi connectivity index (χ2n) is 13.2. The highest BCUT2D eigenvalue weighted by Gasteiger charge is 2.48. The van der Waals surface area contributed by atoms with E-state index in [0.717, 1.165) is 71.7 Å². The van der Waals surface area contributed by atoms with Gasteiger partial charge < -0.3 is 20.2 Å². The average Bonchev–Trinajstić information content (AvgIpc) is 2.91. The van der Waals surface area contributed by atoms with Gasteiger partial charge in [0.15, 0.2) is 5.78 Å². The molecule has 0 spiro atoms. The van der Waals surface area contributed by atoms with Gasteiger partial charge in [0.05, 0.1) is 38.3 Å². The molecule has 1 amide bonds. The van der Waals surface area contributed by atoms with Gasteiger partial charge in [0.25, 0.3) is 0 Å². The number of Topliss-reactive ketones (excluding diaryl/α,β-unsaturated/α-hetero) is 1. The summed E-state index contributed by atoms with van der Waals surface area (Å²) in [6.07, 6.45) is 8.45. The molecule has 6 rings (SSSR count). The minimum absolute atomic E-state index is 0.0317. The molecule has 0 aromatic rings. The number of amides is 1. The first-order valence-electron chi connectivity index (χ1n) is 15.3. The van der Waals surface area contributed by atoms with E-state index in [0.29, 0.717) is 36.4 Å². The number of fused-ring (bicyclic) bond motifs is 4. The molecule has 0 radical (unpaired) electrons. The maximum atomic E-state index is 13.0. The molecule has 6 heterocycles. The van der Waals surface area contributed by atoms with E-state index in [-0.39, 0.29) is 17.9 Å². The monoisotopic (exact) mass is 518 g/mol. The van der Waals surface area contributed by atoms with Crippen LogP contribution in [0.4, 0.5) is 0 Å². The zero-order valence-corrected chi connectivity index (χ0v) is 22.9. The quantitative estimate of drug-likeness (QED) is 0.376. The van der Waals surface area contributed by atoms with Crippen LogP contribution in [0, 0.1) is 11.8 Å². The molecule has 6 aliphatic rings. The molecule has 6 aliphatic heterocycles. The highest BCUT2D eigenvalue weighted by atomic mass is 16.3. The molecule has 0 aromatic carbocycles. The van der Waals surface area contributed by atoms with Crippen LogP contribution < -0.4 is 10.2 Å². The van der Waals surface area contributed by atoms with Crippen LogP contribution >= 0.6 is 0 Å². The second-order valence-corrected chi connectivity index (χ2v) is 13.2. The van der Waals surface area contributed by atoms with Gasteiger partial charge in [-0.25, -0.2) is 0 Å². The lowest BCUT2D eigenvalue weighted by atomic mass is 9.75. The van der Waals surface area contributed by atoms with E-state index in [1.807, 2.05) is 0 Å². The van der Waals surface area contributed by atoms with Crippen molar-refractivity contribution in [3.05, 3.63) is 0 Å². The van der Waals surface area contributed by atoms with E-state index in [9.17, 15) is 14.7 Å². The van der Waals surface area contributed by atoms with Gasteiger partial charge in [0.2, 0.25) is 5.91 Å². The fourth-order valence-corrected chi connectivity index (χ4v) is 8.79. The normalized spacial score (nSPS) is 42.6. The fourth-order valence-electron chi connectivity index (χ4n) is 8.79. The third-order valence-corrected chi connectivity index (χ3v) is 10.8. The highest BCUT2D eigenvalue weighted by Crippen LogP contribution is 2.34. The zero-order valence-electron chi connectivity index (χ0n) is 22.9. The predicted molar refractivity (Wildman–Crippen MR) is 140 cm³/mol. The molecule has 8 atom stereocenters. The van der Waals surface area contributed by atoms with Gasteiger partial charge in [0, 0.05) is 76.4 Å². The molecule has 208 valence electrons. The van der Waals surface area contributed by atoms with Gasteiger partial charge in [-0.05, 0) is 39.2 Å². The molecule has 9 heteroatoms. The summed E-state index contributed by atoms with van der Waals surface area (Å²) in [5, 5.41) is 13.4. The maximum Gasteiger partial charge on any atom is 0.222 e. The highest BCUT2D eigenvalue weighted by molar-refractivity contribution is 5.85. The molecular formula is C28H50N6O3+2. The van der Waals surface area contributed by atoms with E-state index < -0.39 is 6.10 Å². The number of ketones is 1. The van der Waals surface area contributed by atoms with E-state index in [1.165, 1.54) is 38.6 Å². The lowest BCUT2D eigenvalue weighted by Crippen LogP contribution is -3.16. The van der Waals surface area contributed by atoms with E-state index in [1.54, 1.807) is 4.90 Å². The Labute approximate surface area is 222 Å². The van der Waals surface area contributed by atoms with Crippen LogP contribution in [-0.4, -0.2) is 139 Å². The van der Waals surface area contributed by atoms with Crippen molar-refractivity contribution in [2.45, 2.75) is 81.8 Å². The van der Waals surface area contributed by atoms with Crippen molar-refractivity contribution in [2.75, 3.05) is 72.5 Å². The summed E-state index contributed by atoms with van der Waals surface area (Å²) in [5.74, 6) is 1.61. The number of likely N-dealkylation sites (tertiary alicyclic amines) is 2. The van der Waals surface area contributed by atoms with Crippen molar-refractivity contribution < 1.29 is 24.9 Å². The number of aliphatic hydroxyl groups is 1. The van der Waals surface area contributed by atoms with Crippen LogP contribution in [0.5, 0.6) is 0 Å². The van der Waals surface area contributed by atoms with Crippen molar-refractivity contribution in [3.8, 4) is 0 Å². The van der Waals surface area contributed by atoms with Crippen LogP contribution in [0.3, 0.4) is 0 Å². The smallest absolute Gasteiger partial charge is 0.222 e. The number of nitrogens with zero attached hydrogens (tertiary/aromatic N) is 4. The first kappa shape index (κ1) is 26.1. The Hall–Kier alpha value is -1.10. The van der Waals surface area contributed by atoms with Crippen molar-refractivity contribution >= 4 is 11.7 Å². The number of quaternary nitrogens is 2. The van der Waals surface area contributed by atoms with Gasteiger partial charge in [-0.3, -0.25) is 24.3 Å². The maximum absolute atomic E-state index is 13.0. The van der Waals surface area contributed by atoms with Crippen molar-refractivity contribution in [1.82, 2.24) is 19.6 Å². The van der Waals surface area contributed by atoms with E-state index in [4.69, 9.17) is 0 Å². The number of piperidine rings is 5. The second kappa shape index (κ2) is 11.2. The SMILES string of the molecule is CN1C(C[NH+]2CC3CC(C2)C2CCCC(=O)N2C3)CC(=O)C(O)C1CN1CCN(C2CCCC[NH2+]2)CC1. The Balaban J connectivity index is 1.04. The minimum Gasteiger partial charge on any atom is -0.384 e. The molecule has 6 saturated heterocycles. The van der Waals surface area contributed by atoms with Gasteiger partial charge in [-0.2, -0.15) is 0 Å². The molecular weight excluding hydrogens is 468 g/mol. The topological polar surface area (TPSA) is 88.4 Å². The summed E-state index contributed by atoms with van der Waals surface area (Å²) in [7, 11) is 2.14. The summed E-state index contributed by atoms with van der Waals surface area (Å²) >= 11 is 0. The number of likely N-dealkylation sites (N-methyl/N-ethyl adjacent to an activating group) is 1. The third-order valence-electron chi connectivity index (χ3n) is 10.8. The molecule has 2 bridgehead atoms. The summed E-state index contributed by atoms with van der Waals surface area (Å²) in [5.41, 5.74) is 0. The Bertz CT molecular complexity index is 829. The average molecular weight is 519 g/mol. The number of rotatable bonds is 5. The molecule has 37 heavy (non-hydrogen) atoms. The zero-order chi connectivity index (χ0) is 25.5. The van der Waals surface area contributed by atoms with Crippen LogP contribution in [0.2, 0.25) is 0 Å². The lowest BCUT2D eigenvalue weighted by Gasteiger charge is -2.52. The first-order chi connectivity index (χ1) is 18.0. The van der Waals surface area contributed by atoms with E-state index >= 15 is 0 Å². The standard InChI is InChI=1S/C28H48N6O3/c1-30-22(18-32-15-20-13-21(17-32)23-5-4-7-27(36)34(23)16-20)14-25(35)28(37)24(30)19-31-9-11-33(12-10-31)26-6-2-3-8-29-26/h20-24,26,28-29,37H,2-19H2,1H3/p+2. The lowest BCUT2D eigenvalue weighted by molar-refractivity contribution is -0.916. The van der Waals surface area contributed by atoms with Crippen molar-refractivity contribution in [1.29, 1.82) is 0 Å². The Morgan fingerprint density at radius 1 is 1.05 bits per heavy atom. The van der Waals surface area contributed by atoms with Gasteiger partial charge in [0.1, 0.15) is 12.3 Å². The number of carbonyl (C=O) groups is 2. The summed E-state index contributed by atoms with van der Waals surface area (Å²) in [6, 6.07) is 0.518. The number of nitrogens with two attached hydrogens (primary N) is 1. The van der Waals surface area contributed by atoms with Crippen LogP contribution in [0.25, 0.3) is 0 Å².